The molecular weight excluding hydrogens is 606 g/mol. The van der Waals surface area contributed by atoms with E-state index < -0.39 is 18.0 Å². The summed E-state index contributed by atoms with van der Waals surface area (Å²) < 4.78 is 36.1. The maximum atomic E-state index is 15.8. The summed E-state index contributed by atoms with van der Waals surface area (Å²) >= 11 is 12.8. The van der Waals surface area contributed by atoms with E-state index in [2.05, 4.69) is 15.3 Å². The molecule has 6 heterocycles. The molecule has 0 aliphatic carbocycles. The average molecular weight is 642 g/mol. The first-order valence-electron chi connectivity index (χ1n) is 15.2. The number of aromatic nitrogens is 4. The lowest BCUT2D eigenvalue weighted by molar-refractivity contribution is -0.0408. The fraction of sp³-hybridized carbons (Fsp3) is 0.469. The summed E-state index contributed by atoms with van der Waals surface area (Å²) in [6.45, 7) is 4.62. The van der Waals surface area contributed by atoms with Crippen LogP contribution in [0.4, 0.5) is 4.39 Å². The minimum Gasteiger partial charge on any atom is -0.486 e. The topological polar surface area (TPSA) is 109 Å². The van der Waals surface area contributed by atoms with Crippen LogP contribution < -0.4 is 15.8 Å². The second kappa shape index (κ2) is 12.2. The molecule has 3 fully saturated rings. The summed E-state index contributed by atoms with van der Waals surface area (Å²) in [7, 11) is 0. The first kappa shape index (κ1) is 29.8. The molecule has 4 aromatic rings. The summed E-state index contributed by atoms with van der Waals surface area (Å²) in [5.74, 6) is 0.411. The van der Waals surface area contributed by atoms with Gasteiger partial charge in [-0.3, -0.25) is 9.97 Å². The molecule has 0 radical (unpaired) electrons. The largest absolute Gasteiger partial charge is 0.486 e. The van der Waals surface area contributed by atoms with Crippen LogP contribution in [-0.2, 0) is 9.47 Å². The molecule has 1 aromatic carbocycles. The fourth-order valence-corrected chi connectivity index (χ4v) is 7.31. The molecule has 0 bridgehead atoms. The lowest BCUT2D eigenvalue weighted by atomic mass is 9.74. The van der Waals surface area contributed by atoms with Crippen LogP contribution in [0.3, 0.4) is 0 Å². The van der Waals surface area contributed by atoms with Crippen LogP contribution in [0.5, 0.6) is 5.75 Å². The van der Waals surface area contributed by atoms with Crippen LogP contribution >= 0.6 is 23.2 Å². The summed E-state index contributed by atoms with van der Waals surface area (Å²) in [4.78, 5) is 8.63. The Labute approximate surface area is 265 Å². The molecule has 3 unspecified atom stereocenters. The van der Waals surface area contributed by atoms with E-state index in [1.54, 1.807) is 18.6 Å². The molecule has 3 N–H and O–H groups in total. The highest BCUT2D eigenvalue weighted by molar-refractivity contribution is 6.35. The van der Waals surface area contributed by atoms with Crippen molar-refractivity contribution in [2.45, 2.75) is 63.0 Å². The van der Waals surface area contributed by atoms with Crippen LogP contribution in [0, 0.1) is 11.7 Å². The number of benzene rings is 1. The zero-order valence-corrected chi connectivity index (χ0v) is 26.0. The second-order valence-electron chi connectivity index (χ2n) is 12.1. The molecule has 0 spiro atoms. The standard InChI is InChI=1S/C32H35Cl2FN6O3/c1-18(29-23(33)14-37-15-24(29)34)44-21-5-6-26-22(12-21)30(40-41(26)28-4-2-3-8-43-28)19-10-25(35)31(39-13-19)27-11-20(7-9-42-27)32(36)16-38-17-32/h5-6,10,12-15,18,20,27-28,38H,2-4,7-9,11,16-17,36H2,1H3/t18-,20?,27?,28?/m1/s1. The number of nitrogens with zero attached hydrogens (tertiary/aromatic N) is 4. The van der Waals surface area contributed by atoms with E-state index in [1.165, 1.54) is 6.07 Å². The highest BCUT2D eigenvalue weighted by Crippen LogP contribution is 2.40. The Morgan fingerprint density at radius 1 is 1.09 bits per heavy atom. The van der Waals surface area contributed by atoms with Crippen LogP contribution in [0.2, 0.25) is 10.0 Å². The maximum Gasteiger partial charge on any atom is 0.150 e. The molecular formula is C32H35Cl2FN6O3. The molecule has 44 heavy (non-hydrogen) atoms. The van der Waals surface area contributed by atoms with Crippen molar-refractivity contribution in [2.75, 3.05) is 26.3 Å². The van der Waals surface area contributed by atoms with Crippen LogP contribution in [0.15, 0.2) is 42.9 Å². The summed E-state index contributed by atoms with van der Waals surface area (Å²) in [6.07, 6.45) is 8.06. The molecule has 4 atom stereocenters. The molecule has 12 heteroatoms. The number of ether oxygens (including phenoxy) is 3. The van der Waals surface area contributed by atoms with Gasteiger partial charge in [0.15, 0.2) is 6.23 Å². The van der Waals surface area contributed by atoms with Gasteiger partial charge in [0.1, 0.15) is 35.2 Å². The summed E-state index contributed by atoms with van der Waals surface area (Å²) in [5, 5.41) is 9.87. The van der Waals surface area contributed by atoms with Crippen molar-refractivity contribution in [3.05, 3.63) is 70.0 Å². The number of halogens is 3. The van der Waals surface area contributed by atoms with Gasteiger partial charge >= 0.3 is 0 Å². The fourth-order valence-electron chi connectivity index (χ4n) is 6.64. The van der Waals surface area contributed by atoms with E-state index in [0.717, 1.165) is 49.7 Å². The Morgan fingerprint density at radius 3 is 2.61 bits per heavy atom. The molecule has 3 aromatic heterocycles. The van der Waals surface area contributed by atoms with Gasteiger partial charge in [0.2, 0.25) is 0 Å². The predicted molar refractivity (Wildman–Crippen MR) is 166 cm³/mol. The molecule has 7 rings (SSSR count). The number of nitrogens with two attached hydrogens (primary N) is 1. The van der Waals surface area contributed by atoms with E-state index in [1.807, 2.05) is 29.8 Å². The Kier molecular flexibility index (Phi) is 8.24. The highest BCUT2D eigenvalue weighted by Gasteiger charge is 2.43. The third kappa shape index (κ3) is 5.57. The van der Waals surface area contributed by atoms with Crippen molar-refractivity contribution in [2.24, 2.45) is 11.7 Å². The molecule has 3 aliphatic rings. The predicted octanol–water partition coefficient (Wildman–Crippen LogP) is 6.55. The lowest BCUT2D eigenvalue weighted by Crippen LogP contribution is -2.70. The van der Waals surface area contributed by atoms with Gasteiger partial charge in [-0.05, 0) is 69.2 Å². The van der Waals surface area contributed by atoms with Crippen LogP contribution in [-0.4, -0.2) is 51.6 Å². The smallest absolute Gasteiger partial charge is 0.150 e. The Bertz CT molecular complexity index is 1660. The van der Waals surface area contributed by atoms with E-state index in [0.29, 0.717) is 57.9 Å². The molecule has 0 amide bonds. The third-order valence-corrected chi connectivity index (χ3v) is 9.77. The molecule has 0 saturated carbocycles. The maximum absolute atomic E-state index is 15.8. The zero-order chi connectivity index (χ0) is 30.4. The number of nitrogens with one attached hydrogen (secondary N) is 1. The van der Waals surface area contributed by atoms with E-state index in [-0.39, 0.29) is 17.7 Å². The van der Waals surface area contributed by atoms with Gasteiger partial charge in [-0.2, -0.15) is 5.10 Å². The summed E-state index contributed by atoms with van der Waals surface area (Å²) in [6, 6.07) is 7.24. The Balaban J connectivity index is 1.23. The quantitative estimate of drug-likeness (QED) is 0.234. The number of rotatable bonds is 7. The van der Waals surface area contributed by atoms with Crippen molar-refractivity contribution < 1.29 is 18.6 Å². The van der Waals surface area contributed by atoms with Gasteiger partial charge in [-0.25, -0.2) is 9.07 Å². The van der Waals surface area contributed by atoms with E-state index in [9.17, 15) is 0 Å². The molecule has 9 nitrogen and oxygen atoms in total. The third-order valence-electron chi connectivity index (χ3n) is 9.17. The Hall–Kier alpha value is -2.86. The van der Waals surface area contributed by atoms with E-state index in [4.69, 9.17) is 48.2 Å². The van der Waals surface area contributed by atoms with Crippen molar-refractivity contribution in [3.8, 4) is 17.0 Å². The SMILES string of the molecule is C[C@@H](Oc1ccc2c(c1)c(-c1cnc(C3CC(C4(N)CNC4)CCO3)c(F)c1)nn2C1CCCCO1)c1c(Cl)cncc1Cl. The first-order chi connectivity index (χ1) is 21.3. The zero-order valence-electron chi connectivity index (χ0n) is 24.4. The summed E-state index contributed by atoms with van der Waals surface area (Å²) in [5.41, 5.74) is 9.28. The van der Waals surface area contributed by atoms with Crippen molar-refractivity contribution >= 4 is 34.1 Å². The number of pyridine rings is 2. The van der Waals surface area contributed by atoms with Crippen LogP contribution in [0.25, 0.3) is 22.2 Å². The molecule has 3 saturated heterocycles. The van der Waals surface area contributed by atoms with Crippen molar-refractivity contribution in [1.82, 2.24) is 25.1 Å². The molecule has 3 aliphatic heterocycles. The lowest BCUT2D eigenvalue weighted by Gasteiger charge is -2.48. The van der Waals surface area contributed by atoms with Gasteiger partial charge in [0.05, 0.1) is 15.6 Å². The first-order valence-corrected chi connectivity index (χ1v) is 15.9. The average Bonchev–Trinajstić information content (AvgIpc) is 3.39. The second-order valence-corrected chi connectivity index (χ2v) is 12.9. The number of hydrogen-bond acceptors (Lipinski definition) is 8. The normalized spacial score (nSPS) is 24.2. The minimum absolute atomic E-state index is 0.214. The van der Waals surface area contributed by atoms with Gasteiger partial charge < -0.3 is 25.3 Å². The van der Waals surface area contributed by atoms with Crippen molar-refractivity contribution in [1.29, 1.82) is 0 Å². The minimum atomic E-state index is -0.447. The highest BCUT2D eigenvalue weighted by atomic mass is 35.5. The van der Waals surface area contributed by atoms with Gasteiger partial charge in [0, 0.05) is 66.9 Å². The monoisotopic (exact) mass is 640 g/mol. The van der Waals surface area contributed by atoms with E-state index >= 15 is 4.39 Å². The number of hydrogen-bond donors (Lipinski definition) is 2. The molecule has 232 valence electrons. The Morgan fingerprint density at radius 2 is 1.91 bits per heavy atom. The van der Waals surface area contributed by atoms with Crippen LogP contribution in [0.1, 0.15) is 68.7 Å². The van der Waals surface area contributed by atoms with Gasteiger partial charge in [0.25, 0.3) is 0 Å². The van der Waals surface area contributed by atoms with Crippen molar-refractivity contribution in [3.63, 3.8) is 0 Å². The van der Waals surface area contributed by atoms with Gasteiger partial charge in [-0.15, -0.1) is 0 Å². The number of fused-ring (bicyclic) bond motifs is 1. The van der Waals surface area contributed by atoms with Gasteiger partial charge in [-0.1, -0.05) is 23.2 Å².